The number of fused-ring (bicyclic) bond motifs is 1. The highest BCUT2D eigenvalue weighted by Gasteiger charge is 2.34. The summed E-state index contributed by atoms with van der Waals surface area (Å²) in [5.74, 6) is -3.02. The van der Waals surface area contributed by atoms with Crippen molar-refractivity contribution < 1.29 is 22.8 Å². The highest BCUT2D eigenvalue weighted by atomic mass is 19.1. The van der Waals surface area contributed by atoms with Gasteiger partial charge < -0.3 is 20.9 Å². The van der Waals surface area contributed by atoms with Crippen molar-refractivity contribution in [2.45, 2.75) is 33.4 Å². The molecule has 3 aromatic rings. The molecule has 3 amide bonds. The molecule has 12 heteroatoms. The van der Waals surface area contributed by atoms with Crippen LogP contribution in [0.4, 0.5) is 35.4 Å². The monoisotopic (exact) mass is 541 g/mol. The number of aromatic nitrogens is 2. The lowest BCUT2D eigenvalue weighted by atomic mass is 9.97. The first-order valence-corrected chi connectivity index (χ1v) is 12.4. The van der Waals surface area contributed by atoms with Crippen LogP contribution in [0.25, 0.3) is 11.3 Å². The van der Waals surface area contributed by atoms with E-state index in [0.717, 1.165) is 23.1 Å². The number of hydrogen-bond donors (Lipinski definition) is 3. The largest absolute Gasteiger partial charge is 0.353 e. The van der Waals surface area contributed by atoms with Crippen LogP contribution in [0.1, 0.15) is 35.3 Å². The van der Waals surface area contributed by atoms with Gasteiger partial charge in [0.15, 0.2) is 5.82 Å². The van der Waals surface area contributed by atoms with Crippen molar-refractivity contribution >= 4 is 29.4 Å². The van der Waals surface area contributed by atoms with Crippen molar-refractivity contribution in [1.29, 1.82) is 0 Å². The van der Waals surface area contributed by atoms with Gasteiger partial charge in [0.05, 0.1) is 12.2 Å². The third-order valence-electron chi connectivity index (χ3n) is 6.10. The molecule has 0 bridgehead atoms. The normalized spacial score (nSPS) is 13.0. The van der Waals surface area contributed by atoms with Gasteiger partial charge in [-0.05, 0) is 64.7 Å². The fourth-order valence-corrected chi connectivity index (χ4v) is 4.16. The molecule has 0 saturated heterocycles. The zero-order valence-electron chi connectivity index (χ0n) is 22.3. The van der Waals surface area contributed by atoms with Crippen LogP contribution >= 0.6 is 0 Å². The van der Waals surface area contributed by atoms with E-state index >= 15 is 4.39 Å². The molecular formula is C27H30F3N7O2. The van der Waals surface area contributed by atoms with E-state index in [-0.39, 0.29) is 46.7 Å². The summed E-state index contributed by atoms with van der Waals surface area (Å²) in [6, 6.07) is 4.95. The summed E-state index contributed by atoms with van der Waals surface area (Å²) in [5, 5.41) is 8.41. The second-order valence-electron chi connectivity index (χ2n) is 9.75. The minimum atomic E-state index is -0.963. The second-order valence-corrected chi connectivity index (χ2v) is 9.75. The molecule has 0 fully saturated rings. The van der Waals surface area contributed by atoms with Gasteiger partial charge in [-0.2, -0.15) is 4.98 Å². The molecule has 0 spiro atoms. The van der Waals surface area contributed by atoms with Crippen LogP contribution in [-0.2, 0) is 6.54 Å². The molecule has 2 aromatic carbocycles. The van der Waals surface area contributed by atoms with Gasteiger partial charge in [-0.3, -0.25) is 4.79 Å². The molecule has 1 aromatic heterocycles. The van der Waals surface area contributed by atoms with Crippen LogP contribution in [0.3, 0.4) is 0 Å². The number of anilines is 3. The highest BCUT2D eigenvalue weighted by molar-refractivity contribution is 6.02. The quantitative estimate of drug-likeness (QED) is 0.392. The SMILES string of the molecule is Cc1c(F)cc(C(=O)NC(C)C)cc1-c1nc(NCCN(C)C)nc2c1CNC(=O)N2c1c(F)cccc1F. The molecule has 206 valence electrons. The predicted octanol–water partition coefficient (Wildman–Crippen LogP) is 4.34. The predicted molar refractivity (Wildman–Crippen MR) is 143 cm³/mol. The van der Waals surface area contributed by atoms with Crippen molar-refractivity contribution in [2.24, 2.45) is 0 Å². The van der Waals surface area contributed by atoms with Crippen LogP contribution in [0.2, 0.25) is 0 Å². The number of nitrogens with zero attached hydrogens (tertiary/aromatic N) is 4. The van der Waals surface area contributed by atoms with E-state index in [0.29, 0.717) is 18.7 Å². The molecule has 39 heavy (non-hydrogen) atoms. The average Bonchev–Trinajstić information content (AvgIpc) is 2.85. The van der Waals surface area contributed by atoms with E-state index in [1.165, 1.54) is 19.1 Å². The molecule has 2 heterocycles. The van der Waals surface area contributed by atoms with E-state index in [4.69, 9.17) is 0 Å². The lowest BCUT2D eigenvalue weighted by Crippen LogP contribution is -2.43. The molecule has 1 aliphatic heterocycles. The van der Waals surface area contributed by atoms with Crippen LogP contribution < -0.4 is 20.9 Å². The summed E-state index contributed by atoms with van der Waals surface area (Å²) < 4.78 is 44.9. The van der Waals surface area contributed by atoms with Crippen molar-refractivity contribution in [2.75, 3.05) is 37.4 Å². The number of urea groups is 1. The maximum atomic E-state index is 15.1. The van der Waals surface area contributed by atoms with Crippen molar-refractivity contribution in [3.05, 3.63) is 64.5 Å². The van der Waals surface area contributed by atoms with Gasteiger partial charge in [0.2, 0.25) is 5.95 Å². The summed E-state index contributed by atoms with van der Waals surface area (Å²) in [4.78, 5) is 37.5. The van der Waals surface area contributed by atoms with Gasteiger partial charge in [-0.15, -0.1) is 0 Å². The number of carbonyl (C=O) groups excluding carboxylic acids is 2. The van der Waals surface area contributed by atoms with Crippen LogP contribution in [0.5, 0.6) is 0 Å². The second kappa shape index (κ2) is 11.3. The molecule has 4 rings (SSSR count). The molecule has 9 nitrogen and oxygen atoms in total. The zero-order valence-corrected chi connectivity index (χ0v) is 22.3. The minimum Gasteiger partial charge on any atom is -0.353 e. The first-order chi connectivity index (χ1) is 18.5. The Morgan fingerprint density at radius 2 is 1.82 bits per heavy atom. The van der Waals surface area contributed by atoms with Gasteiger partial charge in [0.1, 0.15) is 23.1 Å². The summed E-state index contributed by atoms with van der Waals surface area (Å²) in [7, 11) is 3.77. The van der Waals surface area contributed by atoms with Gasteiger partial charge in [0.25, 0.3) is 5.91 Å². The van der Waals surface area contributed by atoms with E-state index in [1.54, 1.807) is 13.8 Å². The Morgan fingerprint density at radius 1 is 1.13 bits per heavy atom. The fraction of sp³-hybridized carbons (Fsp3) is 0.333. The minimum absolute atomic E-state index is 0.0584. The average molecular weight is 542 g/mol. The number of hydrogen-bond acceptors (Lipinski definition) is 6. The van der Waals surface area contributed by atoms with Crippen LogP contribution in [0.15, 0.2) is 30.3 Å². The Morgan fingerprint density at radius 3 is 2.46 bits per heavy atom. The molecule has 0 unspecified atom stereocenters. The zero-order chi connectivity index (χ0) is 28.4. The van der Waals surface area contributed by atoms with Gasteiger partial charge in [0, 0.05) is 35.8 Å². The Bertz CT molecular complexity index is 1410. The van der Waals surface area contributed by atoms with E-state index in [9.17, 15) is 18.4 Å². The Kier molecular flexibility index (Phi) is 8.05. The highest BCUT2D eigenvalue weighted by Crippen LogP contribution is 2.39. The van der Waals surface area contributed by atoms with Crippen LogP contribution in [-0.4, -0.2) is 60.0 Å². The van der Waals surface area contributed by atoms with E-state index in [2.05, 4.69) is 25.9 Å². The smallest absolute Gasteiger partial charge is 0.328 e. The van der Waals surface area contributed by atoms with Crippen LogP contribution in [0, 0.1) is 24.4 Å². The number of amides is 3. The maximum absolute atomic E-state index is 15.1. The fourth-order valence-electron chi connectivity index (χ4n) is 4.16. The van der Waals surface area contributed by atoms with Crippen molar-refractivity contribution in [3.63, 3.8) is 0 Å². The molecule has 0 radical (unpaired) electrons. The standard InChI is InChI=1S/C27H30F3N7O2/c1-14(2)33-25(38)16-11-17(15(3)21(30)12-16)22-18-13-32-27(39)37(23-19(28)7-6-8-20(23)29)24(18)35-26(34-22)31-9-10-36(4)5/h6-8,11-12,14H,9-10,13H2,1-5H3,(H,32,39)(H,33,38)(H,31,34,35). The van der Waals surface area contributed by atoms with Gasteiger partial charge in [-0.25, -0.2) is 27.8 Å². The summed E-state index contributed by atoms with van der Waals surface area (Å²) >= 11 is 0. The molecular weight excluding hydrogens is 511 g/mol. The number of para-hydroxylation sites is 1. The van der Waals surface area contributed by atoms with Gasteiger partial charge >= 0.3 is 6.03 Å². The number of halogens is 3. The van der Waals surface area contributed by atoms with Gasteiger partial charge in [-0.1, -0.05) is 6.07 Å². The molecule has 0 saturated carbocycles. The lowest BCUT2D eigenvalue weighted by Gasteiger charge is -2.31. The molecule has 0 atom stereocenters. The maximum Gasteiger partial charge on any atom is 0.328 e. The first-order valence-electron chi connectivity index (χ1n) is 12.4. The Balaban J connectivity index is 1.95. The van der Waals surface area contributed by atoms with E-state index in [1.807, 2.05) is 19.0 Å². The third-order valence-corrected chi connectivity index (χ3v) is 6.10. The Labute approximate surface area is 224 Å². The number of likely N-dealkylation sites (N-methyl/N-ethyl adjacent to an activating group) is 1. The third kappa shape index (κ3) is 5.80. The number of benzene rings is 2. The summed E-state index contributed by atoms with van der Waals surface area (Å²) in [5.41, 5.74) is 0.477. The summed E-state index contributed by atoms with van der Waals surface area (Å²) in [6.45, 7) is 6.05. The first kappa shape index (κ1) is 27.8. The van der Waals surface area contributed by atoms with Crippen molar-refractivity contribution in [3.8, 4) is 11.3 Å². The number of nitrogens with one attached hydrogen (secondary N) is 3. The van der Waals surface area contributed by atoms with Crippen molar-refractivity contribution in [1.82, 2.24) is 25.5 Å². The topological polar surface area (TPSA) is 102 Å². The van der Waals surface area contributed by atoms with E-state index < -0.39 is 35.1 Å². The number of rotatable bonds is 8. The lowest BCUT2D eigenvalue weighted by molar-refractivity contribution is 0.0942. The number of carbonyl (C=O) groups is 2. The molecule has 3 N–H and O–H groups in total. The Hall–Kier alpha value is -4.19. The summed E-state index contributed by atoms with van der Waals surface area (Å²) in [6.07, 6.45) is 0. The molecule has 1 aliphatic rings. The molecule has 0 aliphatic carbocycles.